The summed E-state index contributed by atoms with van der Waals surface area (Å²) in [5, 5.41) is 3.39. The highest BCUT2D eigenvalue weighted by atomic mass is 79.9. The maximum absolute atomic E-state index is 5.13. The summed E-state index contributed by atoms with van der Waals surface area (Å²) in [5.41, 5.74) is 5.62. The Labute approximate surface area is 337 Å². The highest BCUT2D eigenvalue weighted by molar-refractivity contribution is 9.12. The molecule has 0 unspecified atom stereocenters. The summed E-state index contributed by atoms with van der Waals surface area (Å²) < 4.78 is 6.85. The zero-order valence-corrected chi connectivity index (χ0v) is 36.0. The molecule has 234 valence electrons. The normalized spacial score (nSPS) is 12.2. The molecule has 48 heavy (non-hydrogen) atoms. The first kappa shape index (κ1) is 32.0. The molecule has 4 aromatic carbocycles. The number of rotatable bonds is 0. The minimum atomic E-state index is 0.496. The first-order chi connectivity index (χ1) is 23.0. The summed E-state index contributed by atoms with van der Waals surface area (Å²) in [6.07, 6.45) is 0. The Morgan fingerprint density at radius 1 is 0.354 bits per heavy atom. The minimum Gasteiger partial charge on any atom is -0.324 e. The summed E-state index contributed by atoms with van der Waals surface area (Å²) in [4.78, 5) is 37.5. The van der Waals surface area contributed by atoms with Gasteiger partial charge in [0.15, 0.2) is 23.3 Å². The van der Waals surface area contributed by atoms with Crippen LogP contribution in [0, 0.1) is 0 Å². The van der Waals surface area contributed by atoms with Gasteiger partial charge >= 0.3 is 0 Å². The lowest BCUT2D eigenvalue weighted by atomic mass is 10.1. The number of nitrogens with one attached hydrogen (secondary N) is 2. The molecule has 5 heterocycles. The van der Waals surface area contributed by atoms with Gasteiger partial charge in [-0.2, -0.15) is 0 Å². The fourth-order valence-corrected chi connectivity index (χ4v) is 11.6. The van der Waals surface area contributed by atoms with Crippen molar-refractivity contribution in [1.82, 2.24) is 39.9 Å². The molecule has 0 saturated carbocycles. The molecule has 0 spiro atoms. The van der Waals surface area contributed by atoms with Gasteiger partial charge < -0.3 is 9.97 Å². The zero-order valence-electron chi connectivity index (χ0n) is 23.3. The monoisotopic (exact) mass is 1140 g/mol. The van der Waals surface area contributed by atoms with E-state index in [1.54, 1.807) is 0 Å². The van der Waals surface area contributed by atoms with E-state index in [9.17, 15) is 0 Å². The molecule has 8 nitrogen and oxygen atoms in total. The van der Waals surface area contributed by atoms with Crippen molar-refractivity contribution in [3.8, 4) is 45.6 Å². The van der Waals surface area contributed by atoms with Gasteiger partial charge in [-0.3, -0.25) is 0 Å². The highest BCUT2D eigenvalue weighted by Crippen LogP contribution is 2.44. The average molecular weight is 1150 g/mol. The number of hydrogen-bond donors (Lipinski definition) is 2. The Kier molecular flexibility index (Phi) is 7.89. The van der Waals surface area contributed by atoms with Crippen LogP contribution in [0.15, 0.2) is 84.3 Å². The summed E-state index contributed by atoms with van der Waals surface area (Å²) in [6.45, 7) is 0. The molecule has 8 bridgehead atoms. The Hall–Kier alpha value is -1.92. The van der Waals surface area contributed by atoms with E-state index in [1.807, 2.05) is 48.5 Å². The van der Waals surface area contributed by atoms with E-state index in [1.165, 1.54) is 0 Å². The number of hydrogen-bond acceptors (Lipinski definition) is 6. The van der Waals surface area contributed by atoms with Gasteiger partial charge in [0.1, 0.15) is 22.6 Å². The standard InChI is InChI=1S/C32H10Br8N8/c33-9-1-13-21(17(37)5-9)29-41-25(13)45-30-22-14(2-10(34)6-18(22)38)27(42-30)47-32-24-16(4-12(36)8-20(24)40)28(44-32)48-31-23-15(26(43-31)46-29)3-11(35)7-19(23)39/h1-8H,(H2,41,42,43,44,45,46,47,48). The van der Waals surface area contributed by atoms with Crippen LogP contribution in [0.3, 0.4) is 0 Å². The van der Waals surface area contributed by atoms with Crippen LogP contribution in [0.5, 0.6) is 0 Å². The van der Waals surface area contributed by atoms with Gasteiger partial charge in [0.05, 0.1) is 0 Å². The average Bonchev–Trinajstić information content (AvgIpc) is 3.72. The number of fused-ring (bicyclic) bond motifs is 20. The maximum Gasteiger partial charge on any atom is 0.165 e. The lowest BCUT2D eigenvalue weighted by Crippen LogP contribution is -1.85. The highest BCUT2D eigenvalue weighted by Gasteiger charge is 2.26. The van der Waals surface area contributed by atoms with Crippen LogP contribution < -0.4 is 0 Å². The van der Waals surface area contributed by atoms with Crippen LogP contribution in [0.2, 0.25) is 0 Å². The predicted octanol–water partition coefficient (Wildman–Crippen LogP) is 13.0. The van der Waals surface area contributed by atoms with Gasteiger partial charge in [-0.25, -0.2) is 29.9 Å². The largest absolute Gasteiger partial charge is 0.324 e. The third-order valence-corrected chi connectivity index (χ3v) is 12.2. The Bertz CT molecular complexity index is 2600. The number of halogens is 8. The Morgan fingerprint density at radius 2 is 0.708 bits per heavy atom. The van der Waals surface area contributed by atoms with E-state index in [0.717, 1.165) is 79.6 Å². The van der Waals surface area contributed by atoms with Crippen LogP contribution >= 0.6 is 127 Å². The minimum absolute atomic E-state index is 0.496. The van der Waals surface area contributed by atoms with E-state index >= 15 is 0 Å². The number of aromatic amines is 2. The lowest BCUT2D eigenvalue weighted by Gasteiger charge is -2.03. The molecule has 0 amide bonds. The third-order valence-electron chi connectivity index (χ3n) is 7.90. The van der Waals surface area contributed by atoms with E-state index in [-0.39, 0.29) is 0 Å². The molecule has 0 fully saturated rings. The van der Waals surface area contributed by atoms with Gasteiger partial charge in [-0.05, 0) is 112 Å². The van der Waals surface area contributed by atoms with Crippen molar-refractivity contribution in [2.45, 2.75) is 0 Å². The topological polar surface area (TPSA) is 109 Å². The molecular weight excluding hydrogens is 1140 g/mol. The number of H-pyrrole nitrogens is 2. The molecule has 0 saturated heterocycles. The molecule has 7 aromatic rings. The fourth-order valence-electron chi connectivity index (χ4n) is 5.97. The van der Waals surface area contributed by atoms with Crippen molar-refractivity contribution in [3.63, 3.8) is 0 Å². The van der Waals surface area contributed by atoms with Crippen LogP contribution in [0.25, 0.3) is 89.7 Å². The number of nitrogens with zero attached hydrogens (tertiary/aromatic N) is 6. The van der Waals surface area contributed by atoms with E-state index in [0.29, 0.717) is 45.9 Å². The summed E-state index contributed by atoms with van der Waals surface area (Å²) in [5.74, 6) is 1.99. The van der Waals surface area contributed by atoms with Crippen LogP contribution in [0.4, 0.5) is 0 Å². The second kappa shape index (κ2) is 11.8. The van der Waals surface area contributed by atoms with Crippen molar-refractivity contribution in [2.24, 2.45) is 0 Å². The zero-order chi connectivity index (χ0) is 33.2. The van der Waals surface area contributed by atoms with Crippen molar-refractivity contribution >= 4 is 172 Å². The smallest absolute Gasteiger partial charge is 0.165 e. The van der Waals surface area contributed by atoms with Crippen LogP contribution in [-0.2, 0) is 0 Å². The van der Waals surface area contributed by atoms with Crippen LogP contribution in [-0.4, -0.2) is 39.9 Å². The summed E-state index contributed by atoms with van der Waals surface area (Å²) >= 11 is 29.7. The van der Waals surface area contributed by atoms with Crippen molar-refractivity contribution in [3.05, 3.63) is 84.3 Å². The molecule has 9 rings (SSSR count). The van der Waals surface area contributed by atoms with E-state index < -0.39 is 0 Å². The Balaban J connectivity index is 1.55. The molecule has 0 radical (unpaired) electrons. The number of benzene rings is 4. The molecule has 16 heteroatoms. The SMILES string of the molecule is Brc1cc(Br)c2c(c1)-c1nc-2nc2[nH]c(nc3nc(nc4[nH]c(n1)c1c(Br)cc(Br)cc41)-c1c(Br)cc(Br)cc1-3)c1c(Br)cc(Br)cc21. The Morgan fingerprint density at radius 3 is 1.12 bits per heavy atom. The number of aromatic nitrogens is 8. The summed E-state index contributed by atoms with van der Waals surface area (Å²) in [6, 6.07) is 15.9. The van der Waals surface area contributed by atoms with E-state index in [2.05, 4.69) is 137 Å². The molecule has 0 aliphatic carbocycles. The molecule has 2 aliphatic heterocycles. The third kappa shape index (κ3) is 5.15. The van der Waals surface area contributed by atoms with Crippen molar-refractivity contribution in [2.75, 3.05) is 0 Å². The lowest BCUT2D eigenvalue weighted by molar-refractivity contribution is 1.19. The first-order valence-electron chi connectivity index (χ1n) is 13.8. The predicted molar refractivity (Wildman–Crippen MR) is 218 cm³/mol. The second-order valence-corrected chi connectivity index (χ2v) is 17.9. The van der Waals surface area contributed by atoms with Crippen LogP contribution in [0.1, 0.15) is 0 Å². The quantitative estimate of drug-likeness (QED) is 0.157. The molecule has 2 aliphatic rings. The first-order valence-corrected chi connectivity index (χ1v) is 20.2. The van der Waals surface area contributed by atoms with Crippen molar-refractivity contribution in [1.29, 1.82) is 0 Å². The molecule has 0 atom stereocenters. The maximum atomic E-state index is 5.13. The van der Waals surface area contributed by atoms with Crippen molar-refractivity contribution < 1.29 is 0 Å². The van der Waals surface area contributed by atoms with Gasteiger partial charge in [-0.15, -0.1) is 0 Å². The summed E-state index contributed by atoms with van der Waals surface area (Å²) in [7, 11) is 0. The van der Waals surface area contributed by atoms with Gasteiger partial charge in [0.2, 0.25) is 0 Å². The van der Waals surface area contributed by atoms with Gasteiger partial charge in [0, 0.05) is 79.6 Å². The molecule has 3 aromatic heterocycles. The van der Waals surface area contributed by atoms with E-state index in [4.69, 9.17) is 29.9 Å². The van der Waals surface area contributed by atoms with Gasteiger partial charge in [0.25, 0.3) is 0 Å². The molecule has 2 N–H and O–H groups in total. The van der Waals surface area contributed by atoms with Gasteiger partial charge in [-0.1, -0.05) is 63.7 Å². The molecular formula is C32H10Br8N8. The fraction of sp³-hybridized carbons (Fsp3) is 0. The second-order valence-electron chi connectivity index (χ2n) is 10.9.